The van der Waals surface area contributed by atoms with Crippen molar-refractivity contribution in [1.82, 2.24) is 16.0 Å². The van der Waals surface area contributed by atoms with Crippen LogP contribution in [0.1, 0.15) is 27.7 Å². The molecule has 0 aromatic rings. The predicted octanol–water partition coefficient (Wildman–Crippen LogP) is 0.476. The number of rotatable bonds is 0. The Hall–Kier alpha value is -0.476. The second-order valence-corrected chi connectivity index (χ2v) is 3.74. The molecule has 1 aliphatic rings. The fraction of sp³-hybridized carbons (Fsp3) is 0.706. The molecule has 1 saturated heterocycles. The monoisotopic (exact) mass is 442 g/mol. The van der Waals surface area contributed by atoms with Crippen LogP contribution in [0.25, 0.3) is 5.32 Å². The van der Waals surface area contributed by atoms with Gasteiger partial charge in [-0.2, -0.15) is 27.7 Å². The molecule has 1 aliphatic heterocycles. The first kappa shape index (κ1) is 45.3. The largest absolute Gasteiger partial charge is 0.660 e. The molecule has 0 atom stereocenters. The molecular weight excluding hydrogens is 408 g/mol. The van der Waals surface area contributed by atoms with Crippen LogP contribution in [0.5, 0.6) is 0 Å². The summed E-state index contributed by atoms with van der Waals surface area (Å²) in [5, 5.41) is 14.4. The Bertz CT molecular complexity index is 188. The molecule has 27 heavy (non-hydrogen) atoms. The number of nitrogens with one attached hydrogen (secondary N) is 3. The van der Waals surface area contributed by atoms with Crippen LogP contribution in [0.4, 0.5) is 0 Å². The van der Waals surface area contributed by atoms with E-state index in [-0.39, 0.29) is 41.6 Å². The third kappa shape index (κ3) is 106. The third-order valence-corrected chi connectivity index (χ3v) is 1.85. The van der Waals surface area contributed by atoms with E-state index in [0.717, 1.165) is 52.4 Å². The molecule has 0 saturated carbocycles. The molecule has 0 aromatic heterocycles. The first-order chi connectivity index (χ1) is 11.7. The second-order valence-electron chi connectivity index (χ2n) is 3.74. The molecule has 0 spiro atoms. The maximum absolute atomic E-state index is 8.68. The summed E-state index contributed by atoms with van der Waals surface area (Å²) in [7, 11) is 0. The van der Waals surface area contributed by atoms with Crippen molar-refractivity contribution >= 4 is 37.6 Å². The van der Waals surface area contributed by atoms with Gasteiger partial charge in [-0.1, -0.05) is 0 Å². The van der Waals surface area contributed by atoms with Gasteiger partial charge < -0.3 is 47.9 Å². The second kappa shape index (κ2) is 63.7. The zero-order valence-corrected chi connectivity index (χ0v) is 19.5. The van der Waals surface area contributed by atoms with Gasteiger partial charge in [0.05, 0.1) is 0 Å². The van der Waals surface area contributed by atoms with E-state index in [1.54, 1.807) is 0 Å². The van der Waals surface area contributed by atoms with E-state index in [4.69, 9.17) is 19.2 Å². The summed E-state index contributed by atoms with van der Waals surface area (Å²) in [6.45, 7) is 13.4. The van der Waals surface area contributed by atoms with Crippen LogP contribution in [-0.4, -0.2) is 77.5 Å². The van der Waals surface area contributed by atoms with Crippen molar-refractivity contribution in [2.24, 2.45) is 0 Å². The fourth-order valence-electron chi connectivity index (χ4n) is 1.16. The van der Waals surface area contributed by atoms with Gasteiger partial charge in [-0.3, -0.25) is 25.1 Å². The van der Waals surface area contributed by atoms with Crippen molar-refractivity contribution in [3.8, 4) is 0 Å². The summed E-state index contributed by atoms with van der Waals surface area (Å²) in [6, 6.07) is 0. The van der Waals surface area contributed by atoms with Crippen LogP contribution in [0.2, 0.25) is 0 Å². The molecule has 0 bridgehead atoms. The van der Waals surface area contributed by atoms with Gasteiger partial charge in [0, 0.05) is 47.9 Å². The Labute approximate surface area is 187 Å². The van der Waals surface area contributed by atoms with E-state index in [1.807, 2.05) is 0 Å². The van der Waals surface area contributed by atoms with E-state index in [9.17, 15) is 0 Å². The van der Waals surface area contributed by atoms with Crippen LogP contribution < -0.4 is 16.0 Å². The van der Waals surface area contributed by atoms with E-state index in [1.165, 1.54) is 52.8 Å². The summed E-state index contributed by atoms with van der Waals surface area (Å²) in [6.07, 6.45) is 6.00. The molecular formula is C17H35ClN4O4Ti-6. The van der Waals surface area contributed by atoms with Crippen LogP contribution >= 0.6 is 12.4 Å². The standard InChI is InChI=1S/C8H19N4.4C2H3O.CH3.ClH.Ti/c1-2-10-5-6-12-8-7-11-4-3-9-1;4*1-2-3;;;/h9-11H,1-8H2;4*1H3;1H3;1H;/q6*-1;;. The van der Waals surface area contributed by atoms with Crippen LogP contribution in [0.15, 0.2) is 0 Å². The zero-order chi connectivity index (χ0) is 19.3. The minimum Gasteiger partial charge on any atom is -0.660 e. The van der Waals surface area contributed by atoms with Gasteiger partial charge in [0.2, 0.25) is 0 Å². The SMILES string of the molecule is C1CNCCNCCNCC[N-]1.C[C-]=O.C[C-]=O.C[C-]=O.C[C-]=O.Cl.[CH3-].[Ti]. The molecule has 1 heterocycles. The number of halogens is 1. The summed E-state index contributed by atoms with van der Waals surface area (Å²) in [4.78, 5) is 34.7. The van der Waals surface area contributed by atoms with Gasteiger partial charge in [-0.15, -0.1) is 25.5 Å². The molecule has 0 aliphatic carbocycles. The Morgan fingerprint density at radius 1 is 0.593 bits per heavy atom. The van der Waals surface area contributed by atoms with Crippen molar-refractivity contribution in [1.29, 1.82) is 0 Å². The normalized spacial score (nSPS) is 12.6. The average Bonchev–Trinajstić information content (AvgIpc) is 2.51. The van der Waals surface area contributed by atoms with Crippen LogP contribution in [-0.2, 0) is 40.9 Å². The summed E-state index contributed by atoms with van der Waals surface area (Å²) < 4.78 is 0. The molecule has 0 amide bonds. The Morgan fingerprint density at radius 2 is 0.778 bits per heavy atom. The Morgan fingerprint density at radius 3 is 1.00 bits per heavy atom. The summed E-state index contributed by atoms with van der Waals surface area (Å²) in [5.74, 6) is 0. The zero-order valence-electron chi connectivity index (χ0n) is 17.1. The minimum atomic E-state index is 0. The topological polar surface area (TPSA) is 118 Å². The first-order valence-electron chi connectivity index (χ1n) is 7.57. The molecule has 0 unspecified atom stereocenters. The van der Waals surface area contributed by atoms with Crippen molar-refractivity contribution < 1.29 is 40.9 Å². The average molecular weight is 443 g/mol. The van der Waals surface area contributed by atoms with Crippen molar-refractivity contribution in [3.63, 3.8) is 0 Å². The van der Waals surface area contributed by atoms with Crippen LogP contribution in [0.3, 0.4) is 0 Å². The maximum atomic E-state index is 8.68. The van der Waals surface area contributed by atoms with Crippen molar-refractivity contribution in [3.05, 3.63) is 12.7 Å². The molecule has 8 nitrogen and oxygen atoms in total. The Kier molecular flexibility index (Phi) is 107. The van der Waals surface area contributed by atoms with Crippen molar-refractivity contribution in [2.45, 2.75) is 27.7 Å². The van der Waals surface area contributed by atoms with Gasteiger partial charge in [0.15, 0.2) is 0 Å². The fourth-order valence-corrected chi connectivity index (χ4v) is 1.16. The van der Waals surface area contributed by atoms with Gasteiger partial charge in [-0.05, 0) is 13.1 Å². The smallest absolute Gasteiger partial charge is 0.00772 e. The predicted molar refractivity (Wildman–Crippen MR) is 111 cm³/mol. The first-order valence-corrected chi connectivity index (χ1v) is 7.57. The van der Waals surface area contributed by atoms with E-state index in [2.05, 4.69) is 21.3 Å². The summed E-state index contributed by atoms with van der Waals surface area (Å²) in [5.41, 5.74) is 0. The third-order valence-electron chi connectivity index (χ3n) is 1.85. The molecule has 1 rings (SSSR count). The van der Waals surface area contributed by atoms with E-state index < -0.39 is 0 Å². The van der Waals surface area contributed by atoms with Gasteiger partial charge in [0.1, 0.15) is 0 Å². The quantitative estimate of drug-likeness (QED) is 0.369. The minimum absolute atomic E-state index is 0. The number of hydrogen-bond donors (Lipinski definition) is 3. The molecule has 10 heteroatoms. The van der Waals surface area contributed by atoms with Gasteiger partial charge >= 0.3 is 0 Å². The van der Waals surface area contributed by atoms with E-state index >= 15 is 0 Å². The van der Waals surface area contributed by atoms with Gasteiger partial charge in [0.25, 0.3) is 0 Å². The maximum Gasteiger partial charge on any atom is 0.00772 e. The van der Waals surface area contributed by atoms with Crippen molar-refractivity contribution in [2.75, 3.05) is 52.4 Å². The van der Waals surface area contributed by atoms with Gasteiger partial charge in [-0.25, -0.2) is 0 Å². The summed E-state index contributed by atoms with van der Waals surface area (Å²) >= 11 is 0. The van der Waals surface area contributed by atoms with E-state index in [0.29, 0.717) is 0 Å². The molecule has 3 N–H and O–H groups in total. The molecule has 164 valence electrons. The van der Waals surface area contributed by atoms with Crippen LogP contribution in [0, 0.1) is 7.43 Å². The molecule has 0 aromatic carbocycles. The molecule has 1 fully saturated rings. The number of hydrogen-bond acceptors (Lipinski definition) is 7. The Balaban J connectivity index is -0.0000000453. The molecule has 0 radical (unpaired) electrons. The number of nitrogens with zero attached hydrogens (tertiary/aromatic N) is 1. The number of carbonyl (C=O) groups excluding carboxylic acids is 4.